The molecular weight excluding hydrogens is 280 g/mol. The van der Waals surface area contributed by atoms with E-state index in [9.17, 15) is 0 Å². The van der Waals surface area contributed by atoms with Gasteiger partial charge in [-0.2, -0.15) is 0 Å². The third-order valence-electron chi connectivity index (χ3n) is 3.05. The van der Waals surface area contributed by atoms with Gasteiger partial charge < -0.3 is 15.4 Å². The van der Waals surface area contributed by atoms with Gasteiger partial charge in [0.2, 0.25) is 0 Å². The Hall–Kier alpha value is -2.07. The van der Waals surface area contributed by atoms with E-state index in [-0.39, 0.29) is 6.04 Å². The van der Waals surface area contributed by atoms with Gasteiger partial charge in [-0.05, 0) is 43.8 Å². The fourth-order valence-corrected chi connectivity index (χ4v) is 2.31. The molecule has 2 aromatic rings. The fraction of sp³-hybridized carbons (Fsp3) is 0.235. The zero-order chi connectivity index (χ0) is 15.1. The maximum Gasteiger partial charge on any atom is 0.171 e. The number of anilines is 1. The summed E-state index contributed by atoms with van der Waals surface area (Å²) in [5.74, 6) is 0.835. The van der Waals surface area contributed by atoms with E-state index in [0.29, 0.717) is 11.7 Å². The van der Waals surface area contributed by atoms with Crippen molar-refractivity contribution in [2.75, 3.05) is 11.9 Å². The van der Waals surface area contributed by atoms with Crippen molar-refractivity contribution in [3.8, 4) is 5.75 Å². The molecule has 0 aliphatic heterocycles. The zero-order valence-corrected chi connectivity index (χ0v) is 13.1. The van der Waals surface area contributed by atoms with E-state index >= 15 is 0 Å². The molecule has 0 saturated carbocycles. The van der Waals surface area contributed by atoms with Crippen LogP contribution >= 0.6 is 12.2 Å². The lowest BCUT2D eigenvalue weighted by Crippen LogP contribution is -2.30. The molecule has 0 aliphatic carbocycles. The Morgan fingerprint density at radius 1 is 1.14 bits per heavy atom. The molecule has 1 unspecified atom stereocenters. The highest BCUT2D eigenvalue weighted by molar-refractivity contribution is 7.80. The Morgan fingerprint density at radius 3 is 2.62 bits per heavy atom. The van der Waals surface area contributed by atoms with Gasteiger partial charge in [0, 0.05) is 11.8 Å². The molecule has 2 aromatic carbocycles. The second kappa shape index (κ2) is 7.64. The van der Waals surface area contributed by atoms with Gasteiger partial charge in [-0.3, -0.25) is 0 Å². The van der Waals surface area contributed by atoms with Crippen LogP contribution in [-0.4, -0.2) is 11.7 Å². The van der Waals surface area contributed by atoms with E-state index in [1.807, 2.05) is 49.4 Å². The number of hydrogen-bond acceptors (Lipinski definition) is 2. The van der Waals surface area contributed by atoms with Gasteiger partial charge in [-0.1, -0.05) is 36.4 Å². The Labute approximate surface area is 131 Å². The quantitative estimate of drug-likeness (QED) is 0.813. The van der Waals surface area contributed by atoms with Crippen LogP contribution < -0.4 is 15.4 Å². The van der Waals surface area contributed by atoms with Gasteiger partial charge in [-0.25, -0.2) is 0 Å². The maximum atomic E-state index is 5.47. The van der Waals surface area contributed by atoms with E-state index in [0.717, 1.165) is 11.4 Å². The summed E-state index contributed by atoms with van der Waals surface area (Å²) < 4.78 is 5.47. The van der Waals surface area contributed by atoms with Crippen LogP contribution in [0.3, 0.4) is 0 Å². The lowest BCUT2D eigenvalue weighted by Gasteiger charge is -2.17. The van der Waals surface area contributed by atoms with Crippen LogP contribution in [0.15, 0.2) is 54.6 Å². The van der Waals surface area contributed by atoms with Crippen molar-refractivity contribution < 1.29 is 4.74 Å². The summed E-state index contributed by atoms with van der Waals surface area (Å²) in [6, 6.07) is 18.1. The first-order valence-corrected chi connectivity index (χ1v) is 7.45. The minimum atomic E-state index is 0.154. The highest BCUT2D eigenvalue weighted by Gasteiger charge is 2.06. The third-order valence-corrected chi connectivity index (χ3v) is 3.27. The number of thiocarbonyl (C=S) groups is 1. The summed E-state index contributed by atoms with van der Waals surface area (Å²) >= 11 is 5.36. The van der Waals surface area contributed by atoms with E-state index in [2.05, 4.69) is 29.7 Å². The van der Waals surface area contributed by atoms with E-state index < -0.39 is 0 Å². The molecule has 3 nitrogen and oxygen atoms in total. The second-order valence-electron chi connectivity index (χ2n) is 4.69. The largest absolute Gasteiger partial charge is 0.494 e. The van der Waals surface area contributed by atoms with E-state index in [4.69, 9.17) is 17.0 Å². The Morgan fingerprint density at radius 2 is 1.90 bits per heavy atom. The molecule has 0 amide bonds. The van der Waals surface area contributed by atoms with Crippen LogP contribution in [0.5, 0.6) is 5.75 Å². The standard InChI is InChI=1S/C17H20N2OS/c1-3-20-16-11-7-10-15(12-16)19-17(21)18-13(2)14-8-5-4-6-9-14/h4-13H,3H2,1-2H3,(H2,18,19,21). The van der Waals surface area contributed by atoms with Crippen molar-refractivity contribution in [1.29, 1.82) is 0 Å². The topological polar surface area (TPSA) is 33.3 Å². The predicted octanol–water partition coefficient (Wildman–Crippen LogP) is 4.13. The minimum absolute atomic E-state index is 0.154. The summed E-state index contributed by atoms with van der Waals surface area (Å²) in [5, 5.41) is 7.05. The van der Waals surface area contributed by atoms with Crippen molar-refractivity contribution >= 4 is 23.0 Å². The molecule has 21 heavy (non-hydrogen) atoms. The predicted molar refractivity (Wildman–Crippen MR) is 91.8 cm³/mol. The SMILES string of the molecule is CCOc1cccc(NC(=S)NC(C)c2ccccc2)c1. The van der Waals surface area contributed by atoms with Crippen molar-refractivity contribution in [3.63, 3.8) is 0 Å². The summed E-state index contributed by atoms with van der Waals surface area (Å²) in [5.41, 5.74) is 2.11. The average Bonchev–Trinajstić information content (AvgIpc) is 2.48. The Bertz CT molecular complexity index is 586. The molecular formula is C17H20N2OS. The van der Waals surface area contributed by atoms with Crippen LogP contribution in [0, 0.1) is 0 Å². The summed E-state index contributed by atoms with van der Waals surface area (Å²) in [7, 11) is 0. The smallest absolute Gasteiger partial charge is 0.171 e. The second-order valence-corrected chi connectivity index (χ2v) is 5.10. The molecule has 110 valence electrons. The van der Waals surface area contributed by atoms with Crippen molar-refractivity contribution in [3.05, 3.63) is 60.2 Å². The van der Waals surface area contributed by atoms with Crippen LogP contribution in [-0.2, 0) is 0 Å². The molecule has 2 rings (SSSR count). The molecule has 4 heteroatoms. The van der Waals surface area contributed by atoms with Crippen LogP contribution in [0.2, 0.25) is 0 Å². The minimum Gasteiger partial charge on any atom is -0.494 e. The fourth-order valence-electron chi connectivity index (χ4n) is 2.02. The first-order chi connectivity index (χ1) is 10.2. The summed E-state index contributed by atoms with van der Waals surface area (Å²) in [6.07, 6.45) is 0. The number of benzene rings is 2. The maximum absolute atomic E-state index is 5.47. The normalized spacial score (nSPS) is 11.5. The highest BCUT2D eigenvalue weighted by Crippen LogP contribution is 2.18. The first kappa shape index (κ1) is 15.3. The number of nitrogens with one attached hydrogen (secondary N) is 2. The number of rotatable bonds is 5. The molecule has 0 heterocycles. The highest BCUT2D eigenvalue weighted by atomic mass is 32.1. The van der Waals surface area contributed by atoms with Crippen molar-refractivity contribution in [1.82, 2.24) is 5.32 Å². The third kappa shape index (κ3) is 4.76. The van der Waals surface area contributed by atoms with Crippen LogP contribution in [0.1, 0.15) is 25.5 Å². The number of ether oxygens (including phenoxy) is 1. The molecule has 1 atom stereocenters. The van der Waals surface area contributed by atoms with Gasteiger partial charge >= 0.3 is 0 Å². The molecule has 0 aliphatic rings. The molecule has 0 saturated heterocycles. The summed E-state index contributed by atoms with van der Waals surface area (Å²) in [6.45, 7) is 4.70. The Kier molecular flexibility index (Phi) is 5.58. The molecule has 0 fully saturated rings. The first-order valence-electron chi connectivity index (χ1n) is 7.04. The summed E-state index contributed by atoms with van der Waals surface area (Å²) in [4.78, 5) is 0. The molecule has 0 aromatic heterocycles. The van der Waals surface area contributed by atoms with Crippen LogP contribution in [0.4, 0.5) is 5.69 Å². The average molecular weight is 300 g/mol. The Balaban J connectivity index is 1.94. The molecule has 0 spiro atoms. The monoisotopic (exact) mass is 300 g/mol. The lowest BCUT2D eigenvalue weighted by atomic mass is 10.1. The van der Waals surface area contributed by atoms with Gasteiger partial charge in [0.15, 0.2) is 5.11 Å². The van der Waals surface area contributed by atoms with Crippen LogP contribution in [0.25, 0.3) is 0 Å². The van der Waals surface area contributed by atoms with Gasteiger partial charge in [-0.15, -0.1) is 0 Å². The van der Waals surface area contributed by atoms with Crippen molar-refractivity contribution in [2.45, 2.75) is 19.9 Å². The zero-order valence-electron chi connectivity index (χ0n) is 12.3. The molecule has 0 radical (unpaired) electrons. The van der Waals surface area contributed by atoms with Gasteiger partial charge in [0.05, 0.1) is 12.6 Å². The number of hydrogen-bond donors (Lipinski definition) is 2. The lowest BCUT2D eigenvalue weighted by molar-refractivity contribution is 0.340. The van der Waals surface area contributed by atoms with Gasteiger partial charge in [0.1, 0.15) is 5.75 Å². The van der Waals surface area contributed by atoms with E-state index in [1.54, 1.807) is 0 Å². The van der Waals surface area contributed by atoms with Crippen molar-refractivity contribution in [2.24, 2.45) is 0 Å². The molecule has 2 N–H and O–H groups in total. The molecule has 0 bridgehead atoms. The van der Waals surface area contributed by atoms with Gasteiger partial charge in [0.25, 0.3) is 0 Å². The van der Waals surface area contributed by atoms with E-state index in [1.165, 1.54) is 5.56 Å².